The minimum atomic E-state index is -0.354. The van der Waals surface area contributed by atoms with Gasteiger partial charge in [0.15, 0.2) is 5.13 Å². The molecule has 7 nitrogen and oxygen atoms in total. The van der Waals surface area contributed by atoms with Crippen molar-refractivity contribution in [2.24, 2.45) is 0 Å². The zero-order valence-electron chi connectivity index (χ0n) is 12.9. The van der Waals surface area contributed by atoms with Gasteiger partial charge in [-0.3, -0.25) is 14.9 Å². The minimum absolute atomic E-state index is 0.0513. The number of ether oxygens (including phenoxy) is 2. The number of thiazole rings is 1. The molecular weight excluding hydrogens is 318 g/mol. The van der Waals surface area contributed by atoms with E-state index >= 15 is 0 Å². The van der Waals surface area contributed by atoms with E-state index in [1.165, 1.54) is 11.3 Å². The fourth-order valence-electron chi connectivity index (χ4n) is 2.66. The summed E-state index contributed by atoms with van der Waals surface area (Å²) in [5, 5.41) is 8.11. The fourth-order valence-corrected chi connectivity index (χ4v) is 3.41. The first-order valence-electron chi connectivity index (χ1n) is 7.98. The fraction of sp³-hybridized carbons (Fsp3) is 0.667. The van der Waals surface area contributed by atoms with Crippen molar-refractivity contribution in [1.82, 2.24) is 10.3 Å². The van der Waals surface area contributed by atoms with Crippen molar-refractivity contribution >= 4 is 28.3 Å². The molecule has 2 aliphatic heterocycles. The van der Waals surface area contributed by atoms with Crippen LogP contribution < -0.4 is 10.6 Å². The molecule has 2 fully saturated rings. The molecule has 23 heavy (non-hydrogen) atoms. The van der Waals surface area contributed by atoms with Crippen molar-refractivity contribution in [3.8, 4) is 0 Å². The number of carbonyl (C=O) groups is 2. The van der Waals surface area contributed by atoms with Crippen molar-refractivity contribution < 1.29 is 19.1 Å². The van der Waals surface area contributed by atoms with E-state index in [9.17, 15) is 9.59 Å². The van der Waals surface area contributed by atoms with E-state index in [4.69, 9.17) is 9.47 Å². The molecule has 2 saturated heterocycles. The molecule has 0 spiro atoms. The number of aromatic nitrogens is 1. The molecule has 3 heterocycles. The molecule has 2 atom stereocenters. The molecular formula is C15H21N3O4S. The van der Waals surface area contributed by atoms with E-state index < -0.39 is 0 Å². The molecule has 0 radical (unpaired) electrons. The smallest absolute Gasteiger partial charge is 0.255 e. The summed E-state index contributed by atoms with van der Waals surface area (Å²) < 4.78 is 10.7. The monoisotopic (exact) mass is 339 g/mol. The van der Waals surface area contributed by atoms with Gasteiger partial charge in [0.1, 0.15) is 12.2 Å². The highest BCUT2D eigenvalue weighted by atomic mass is 32.1. The molecule has 0 unspecified atom stereocenters. The lowest BCUT2D eigenvalue weighted by Crippen LogP contribution is -2.35. The molecule has 126 valence electrons. The van der Waals surface area contributed by atoms with E-state index in [-0.39, 0.29) is 24.0 Å². The Balaban J connectivity index is 1.40. The first-order valence-corrected chi connectivity index (χ1v) is 8.86. The van der Waals surface area contributed by atoms with Crippen LogP contribution in [0.1, 0.15) is 31.4 Å². The molecule has 0 aliphatic carbocycles. The van der Waals surface area contributed by atoms with E-state index in [2.05, 4.69) is 15.6 Å². The first kappa shape index (κ1) is 16.4. The maximum atomic E-state index is 11.9. The second-order valence-electron chi connectivity index (χ2n) is 5.68. The van der Waals surface area contributed by atoms with Crippen LogP contribution in [0.5, 0.6) is 0 Å². The van der Waals surface area contributed by atoms with Crippen molar-refractivity contribution in [2.75, 3.05) is 25.1 Å². The predicted octanol–water partition coefficient (Wildman–Crippen LogP) is 1.10. The molecule has 8 heteroatoms. The zero-order valence-corrected chi connectivity index (χ0v) is 13.7. The van der Waals surface area contributed by atoms with E-state index in [0.717, 1.165) is 31.4 Å². The standard InChI is InChI=1S/C15H21N3O4S/c19-13(11-3-1-7-21-11)16-6-5-10-9-23-15(17-10)18-14(20)12-4-2-8-22-12/h9,11-12H,1-8H2,(H,16,19)(H,17,18,20)/t11-,12+/m1/s1. The van der Waals surface area contributed by atoms with Gasteiger partial charge in [-0.25, -0.2) is 4.98 Å². The van der Waals surface area contributed by atoms with Gasteiger partial charge in [0.2, 0.25) is 5.91 Å². The Morgan fingerprint density at radius 1 is 1.17 bits per heavy atom. The quantitative estimate of drug-likeness (QED) is 0.810. The summed E-state index contributed by atoms with van der Waals surface area (Å²) in [6.45, 7) is 1.82. The highest BCUT2D eigenvalue weighted by molar-refractivity contribution is 7.13. The van der Waals surface area contributed by atoms with Crippen LogP contribution in [0.25, 0.3) is 0 Å². The largest absolute Gasteiger partial charge is 0.368 e. The molecule has 1 aromatic rings. The number of anilines is 1. The lowest BCUT2D eigenvalue weighted by molar-refractivity contribution is -0.130. The van der Waals surface area contributed by atoms with E-state index in [0.29, 0.717) is 31.3 Å². The molecule has 2 N–H and O–H groups in total. The van der Waals surface area contributed by atoms with Crippen LogP contribution in [0, 0.1) is 0 Å². The molecule has 0 bridgehead atoms. The number of amides is 2. The highest BCUT2D eigenvalue weighted by Gasteiger charge is 2.24. The second-order valence-corrected chi connectivity index (χ2v) is 6.54. The van der Waals surface area contributed by atoms with Crippen molar-refractivity contribution in [1.29, 1.82) is 0 Å². The van der Waals surface area contributed by atoms with Crippen LogP contribution in [0.2, 0.25) is 0 Å². The van der Waals surface area contributed by atoms with Crippen LogP contribution in [0.4, 0.5) is 5.13 Å². The summed E-state index contributed by atoms with van der Waals surface area (Å²) in [5.41, 5.74) is 0.852. The Labute approximate surface area is 138 Å². The zero-order chi connectivity index (χ0) is 16.1. The Morgan fingerprint density at radius 3 is 2.52 bits per heavy atom. The summed E-state index contributed by atoms with van der Waals surface area (Å²) in [6.07, 6.45) is 3.40. The Kier molecular flexibility index (Phi) is 5.58. The van der Waals surface area contributed by atoms with Crippen LogP contribution >= 0.6 is 11.3 Å². The first-order chi connectivity index (χ1) is 11.2. The Bertz CT molecular complexity index is 551. The third-order valence-electron chi connectivity index (χ3n) is 3.91. The van der Waals surface area contributed by atoms with Crippen LogP contribution in [0.3, 0.4) is 0 Å². The molecule has 3 rings (SSSR count). The molecule has 0 saturated carbocycles. The maximum absolute atomic E-state index is 11.9. The van der Waals surface area contributed by atoms with E-state index in [1.54, 1.807) is 0 Å². The van der Waals surface area contributed by atoms with E-state index in [1.807, 2.05) is 5.38 Å². The summed E-state index contributed by atoms with van der Waals surface area (Å²) in [6, 6.07) is 0. The Morgan fingerprint density at radius 2 is 1.87 bits per heavy atom. The van der Waals surface area contributed by atoms with Crippen molar-refractivity contribution in [2.45, 2.75) is 44.3 Å². The third kappa shape index (κ3) is 4.49. The molecule has 2 aliphatic rings. The van der Waals surface area contributed by atoms with Crippen molar-refractivity contribution in [3.63, 3.8) is 0 Å². The summed E-state index contributed by atoms with van der Waals surface area (Å²) in [5.74, 6) is -0.181. The number of hydrogen-bond acceptors (Lipinski definition) is 6. The average Bonchev–Trinajstić information content (AvgIpc) is 3.30. The number of nitrogens with zero attached hydrogens (tertiary/aromatic N) is 1. The van der Waals surface area contributed by atoms with Gasteiger partial charge >= 0.3 is 0 Å². The third-order valence-corrected chi connectivity index (χ3v) is 4.71. The van der Waals surface area contributed by atoms with Crippen LogP contribution in [-0.4, -0.2) is 48.8 Å². The van der Waals surface area contributed by atoms with Gasteiger partial charge in [0, 0.05) is 31.6 Å². The SMILES string of the molecule is O=C(Nc1nc(CCNC(=O)[C@H]2CCCO2)cs1)[C@@H]1CCCO1. The number of carbonyl (C=O) groups excluding carboxylic acids is 2. The summed E-state index contributed by atoms with van der Waals surface area (Å²) >= 11 is 1.38. The van der Waals surface area contributed by atoms with Gasteiger partial charge in [-0.2, -0.15) is 0 Å². The number of rotatable bonds is 6. The van der Waals surface area contributed by atoms with Gasteiger partial charge < -0.3 is 14.8 Å². The van der Waals surface area contributed by atoms with Gasteiger partial charge in [-0.15, -0.1) is 11.3 Å². The predicted molar refractivity (Wildman–Crippen MR) is 85.4 cm³/mol. The average molecular weight is 339 g/mol. The lowest BCUT2D eigenvalue weighted by atomic mass is 10.2. The highest BCUT2D eigenvalue weighted by Crippen LogP contribution is 2.19. The van der Waals surface area contributed by atoms with Crippen molar-refractivity contribution in [3.05, 3.63) is 11.1 Å². The lowest BCUT2D eigenvalue weighted by Gasteiger charge is -2.09. The maximum Gasteiger partial charge on any atom is 0.255 e. The summed E-state index contributed by atoms with van der Waals surface area (Å²) in [7, 11) is 0. The number of nitrogens with one attached hydrogen (secondary N) is 2. The normalized spacial score (nSPS) is 23.8. The molecule has 1 aromatic heterocycles. The molecule has 0 aromatic carbocycles. The molecule has 2 amide bonds. The van der Waals surface area contributed by atoms with Gasteiger partial charge in [0.05, 0.1) is 5.69 Å². The van der Waals surface area contributed by atoms with Gasteiger partial charge in [0.25, 0.3) is 5.91 Å². The van der Waals surface area contributed by atoms with Gasteiger partial charge in [-0.05, 0) is 25.7 Å². The van der Waals surface area contributed by atoms with Crippen LogP contribution in [-0.2, 0) is 25.5 Å². The Hall–Kier alpha value is -1.51. The topological polar surface area (TPSA) is 89.6 Å². The second kappa shape index (κ2) is 7.85. The van der Waals surface area contributed by atoms with Gasteiger partial charge in [-0.1, -0.05) is 0 Å². The minimum Gasteiger partial charge on any atom is -0.368 e. The van der Waals surface area contributed by atoms with Crippen LogP contribution in [0.15, 0.2) is 5.38 Å². The number of hydrogen-bond donors (Lipinski definition) is 2. The summed E-state index contributed by atoms with van der Waals surface area (Å²) in [4.78, 5) is 28.1.